The smallest absolute Gasteiger partial charge is 0.191 e. The van der Waals surface area contributed by atoms with E-state index < -0.39 is 0 Å². The van der Waals surface area contributed by atoms with Gasteiger partial charge in [0.15, 0.2) is 5.96 Å². The SMILES string of the molecule is CCNC(=NCC1(N2CCCCC2)CCCCC1)NCCC1=CCOCC1. The Labute approximate surface area is 166 Å². The van der Waals surface area contributed by atoms with Crippen LogP contribution < -0.4 is 10.6 Å². The van der Waals surface area contributed by atoms with Gasteiger partial charge in [-0.1, -0.05) is 37.3 Å². The fraction of sp³-hybridized carbons (Fsp3) is 0.864. The summed E-state index contributed by atoms with van der Waals surface area (Å²) in [7, 11) is 0. The third-order valence-electron chi connectivity index (χ3n) is 6.48. The Morgan fingerprint density at radius 2 is 1.89 bits per heavy atom. The highest BCUT2D eigenvalue weighted by Crippen LogP contribution is 2.35. The second-order valence-electron chi connectivity index (χ2n) is 8.39. The number of hydrogen-bond donors (Lipinski definition) is 2. The van der Waals surface area contributed by atoms with Crippen LogP contribution in [0.25, 0.3) is 0 Å². The molecule has 2 fully saturated rings. The molecule has 27 heavy (non-hydrogen) atoms. The summed E-state index contributed by atoms with van der Waals surface area (Å²) in [6.45, 7) is 9.16. The van der Waals surface area contributed by atoms with Crippen molar-refractivity contribution in [2.24, 2.45) is 4.99 Å². The van der Waals surface area contributed by atoms with Gasteiger partial charge in [0.2, 0.25) is 0 Å². The molecule has 0 spiro atoms. The minimum atomic E-state index is 0.310. The molecule has 0 aromatic heterocycles. The topological polar surface area (TPSA) is 48.9 Å². The Morgan fingerprint density at radius 1 is 1.11 bits per heavy atom. The largest absolute Gasteiger partial charge is 0.377 e. The Morgan fingerprint density at radius 3 is 2.59 bits per heavy atom. The quantitative estimate of drug-likeness (QED) is 0.406. The lowest BCUT2D eigenvalue weighted by Gasteiger charge is -2.47. The first kappa shape index (κ1) is 20.7. The van der Waals surface area contributed by atoms with Gasteiger partial charge in [-0.3, -0.25) is 9.89 Å². The lowest BCUT2D eigenvalue weighted by atomic mass is 9.79. The van der Waals surface area contributed by atoms with Gasteiger partial charge in [-0.15, -0.1) is 0 Å². The molecule has 2 heterocycles. The first-order valence-corrected chi connectivity index (χ1v) is 11.4. The summed E-state index contributed by atoms with van der Waals surface area (Å²) in [4.78, 5) is 7.86. The average Bonchev–Trinajstić information content (AvgIpc) is 2.74. The predicted molar refractivity (Wildman–Crippen MR) is 113 cm³/mol. The van der Waals surface area contributed by atoms with Crippen molar-refractivity contribution in [3.8, 4) is 0 Å². The summed E-state index contributed by atoms with van der Waals surface area (Å²) >= 11 is 0. The monoisotopic (exact) mass is 376 g/mol. The molecule has 2 aliphatic heterocycles. The average molecular weight is 377 g/mol. The summed E-state index contributed by atoms with van der Waals surface area (Å²) in [5.41, 5.74) is 1.83. The van der Waals surface area contributed by atoms with E-state index in [1.165, 1.54) is 70.0 Å². The molecule has 0 aromatic carbocycles. The molecule has 1 aliphatic carbocycles. The molecule has 0 radical (unpaired) electrons. The highest BCUT2D eigenvalue weighted by atomic mass is 16.5. The van der Waals surface area contributed by atoms with Gasteiger partial charge in [0.25, 0.3) is 0 Å². The molecule has 3 aliphatic rings. The summed E-state index contributed by atoms with van der Waals surface area (Å²) in [6.07, 6.45) is 15.3. The van der Waals surface area contributed by atoms with E-state index in [1.54, 1.807) is 0 Å². The van der Waals surface area contributed by atoms with Gasteiger partial charge < -0.3 is 15.4 Å². The maximum absolute atomic E-state index is 5.40. The van der Waals surface area contributed by atoms with E-state index in [9.17, 15) is 0 Å². The lowest BCUT2D eigenvalue weighted by Crippen LogP contribution is -2.54. The van der Waals surface area contributed by atoms with Gasteiger partial charge in [0, 0.05) is 18.6 Å². The van der Waals surface area contributed by atoms with Gasteiger partial charge in [-0.2, -0.15) is 0 Å². The van der Waals surface area contributed by atoms with Crippen LogP contribution in [0.3, 0.4) is 0 Å². The van der Waals surface area contributed by atoms with Crippen LogP contribution >= 0.6 is 0 Å². The van der Waals surface area contributed by atoms with Crippen LogP contribution in [0.2, 0.25) is 0 Å². The summed E-state index contributed by atoms with van der Waals surface area (Å²) in [5.74, 6) is 0.993. The Balaban J connectivity index is 1.57. The van der Waals surface area contributed by atoms with Gasteiger partial charge >= 0.3 is 0 Å². The lowest BCUT2D eigenvalue weighted by molar-refractivity contribution is 0.0407. The highest BCUT2D eigenvalue weighted by molar-refractivity contribution is 5.79. The number of likely N-dealkylation sites (tertiary alicyclic amines) is 1. The van der Waals surface area contributed by atoms with Crippen LogP contribution in [-0.4, -0.2) is 62.3 Å². The van der Waals surface area contributed by atoms with Crippen molar-refractivity contribution >= 4 is 5.96 Å². The molecule has 2 N–H and O–H groups in total. The van der Waals surface area contributed by atoms with Crippen LogP contribution in [0.5, 0.6) is 0 Å². The zero-order valence-corrected chi connectivity index (χ0v) is 17.4. The van der Waals surface area contributed by atoms with Crippen molar-refractivity contribution in [2.75, 3.05) is 45.9 Å². The van der Waals surface area contributed by atoms with Gasteiger partial charge in [0.1, 0.15) is 0 Å². The molecule has 1 saturated carbocycles. The van der Waals surface area contributed by atoms with Crippen molar-refractivity contribution in [3.05, 3.63) is 11.6 Å². The van der Waals surface area contributed by atoms with Crippen LogP contribution in [-0.2, 0) is 4.74 Å². The van der Waals surface area contributed by atoms with E-state index in [-0.39, 0.29) is 0 Å². The number of rotatable bonds is 7. The molecular formula is C22H40N4O. The third-order valence-corrected chi connectivity index (χ3v) is 6.48. The predicted octanol–water partition coefficient (Wildman–Crippen LogP) is 3.47. The summed E-state index contributed by atoms with van der Waals surface area (Å²) in [6, 6.07) is 0. The Kier molecular flexibility index (Phi) is 8.46. The van der Waals surface area contributed by atoms with E-state index in [0.717, 1.165) is 51.6 Å². The molecule has 5 nitrogen and oxygen atoms in total. The standard InChI is InChI=1S/C22H40N4O/c1-2-23-21(24-14-9-20-10-17-27-18-11-20)25-19-22(12-5-3-6-13-22)26-15-7-4-8-16-26/h10H,2-9,11-19H2,1H3,(H2,23,24,25). The van der Waals surface area contributed by atoms with Crippen molar-refractivity contribution < 1.29 is 4.74 Å². The molecule has 1 saturated heterocycles. The van der Waals surface area contributed by atoms with Crippen molar-refractivity contribution in [3.63, 3.8) is 0 Å². The van der Waals surface area contributed by atoms with Crippen molar-refractivity contribution in [1.29, 1.82) is 0 Å². The number of guanidine groups is 1. The van der Waals surface area contributed by atoms with E-state index in [2.05, 4.69) is 28.5 Å². The van der Waals surface area contributed by atoms with E-state index in [4.69, 9.17) is 9.73 Å². The molecule has 0 unspecified atom stereocenters. The first-order chi connectivity index (χ1) is 13.3. The normalized spacial score (nSPS) is 24.3. The molecule has 0 atom stereocenters. The number of hydrogen-bond acceptors (Lipinski definition) is 3. The molecule has 0 amide bonds. The summed E-state index contributed by atoms with van der Waals surface area (Å²) < 4.78 is 5.40. The highest BCUT2D eigenvalue weighted by Gasteiger charge is 2.38. The molecule has 5 heteroatoms. The number of nitrogens with one attached hydrogen (secondary N) is 2. The second kappa shape index (κ2) is 11.1. The maximum Gasteiger partial charge on any atom is 0.191 e. The number of nitrogens with zero attached hydrogens (tertiary/aromatic N) is 2. The molecular weight excluding hydrogens is 336 g/mol. The van der Waals surface area contributed by atoms with Crippen LogP contribution in [0.1, 0.15) is 71.1 Å². The molecule has 154 valence electrons. The summed E-state index contributed by atoms with van der Waals surface area (Å²) in [5, 5.41) is 7.02. The van der Waals surface area contributed by atoms with Gasteiger partial charge in [-0.25, -0.2) is 0 Å². The molecule has 0 bridgehead atoms. The number of piperidine rings is 1. The zero-order chi connectivity index (χ0) is 18.8. The number of aliphatic imine (C=N–C) groups is 1. The minimum absolute atomic E-state index is 0.310. The minimum Gasteiger partial charge on any atom is -0.377 e. The van der Waals surface area contributed by atoms with Crippen LogP contribution in [0.4, 0.5) is 0 Å². The van der Waals surface area contributed by atoms with E-state index in [1.807, 2.05) is 0 Å². The zero-order valence-electron chi connectivity index (χ0n) is 17.4. The van der Waals surface area contributed by atoms with Crippen molar-refractivity contribution in [2.45, 2.75) is 76.7 Å². The van der Waals surface area contributed by atoms with Crippen LogP contribution in [0, 0.1) is 0 Å². The fourth-order valence-corrected chi connectivity index (χ4v) is 4.85. The van der Waals surface area contributed by atoms with Crippen LogP contribution in [0.15, 0.2) is 16.6 Å². The van der Waals surface area contributed by atoms with Crippen molar-refractivity contribution in [1.82, 2.24) is 15.5 Å². The first-order valence-electron chi connectivity index (χ1n) is 11.4. The fourth-order valence-electron chi connectivity index (χ4n) is 4.85. The third kappa shape index (κ3) is 6.21. The van der Waals surface area contributed by atoms with Gasteiger partial charge in [-0.05, 0) is 58.5 Å². The Bertz CT molecular complexity index is 491. The maximum atomic E-state index is 5.40. The number of ether oxygens (including phenoxy) is 1. The Hall–Kier alpha value is -1.07. The van der Waals surface area contributed by atoms with E-state index in [0.29, 0.717) is 5.54 Å². The second-order valence-corrected chi connectivity index (χ2v) is 8.39. The van der Waals surface area contributed by atoms with E-state index >= 15 is 0 Å². The van der Waals surface area contributed by atoms with Gasteiger partial charge in [0.05, 0.1) is 19.8 Å². The molecule has 3 rings (SSSR count). The molecule has 0 aromatic rings.